The van der Waals surface area contributed by atoms with Crippen molar-refractivity contribution < 1.29 is 17.9 Å². The fraction of sp³-hybridized carbons (Fsp3) is 0. The Morgan fingerprint density at radius 2 is 1.43 bits per heavy atom. The first-order valence-corrected chi connectivity index (χ1v) is 12.0. The van der Waals surface area contributed by atoms with Crippen LogP contribution in [-0.4, -0.2) is 28.2 Å². The Labute approximate surface area is 201 Å². The van der Waals surface area contributed by atoms with E-state index in [9.17, 15) is 8.42 Å². The number of ether oxygens (including phenoxy) is 2. The van der Waals surface area contributed by atoms with Gasteiger partial charge in [0.15, 0.2) is 5.82 Å². The molecule has 35 heavy (non-hydrogen) atoms. The zero-order valence-electron chi connectivity index (χ0n) is 18.2. The van der Waals surface area contributed by atoms with Crippen LogP contribution in [0.15, 0.2) is 115 Å². The maximum absolute atomic E-state index is 12.8. The minimum atomic E-state index is -3.78. The lowest BCUT2D eigenvalue weighted by atomic mass is 10.3. The molecule has 0 aliphatic carbocycles. The number of sulfonamides is 1. The van der Waals surface area contributed by atoms with Crippen LogP contribution >= 0.6 is 0 Å². The second-order valence-electron chi connectivity index (χ2n) is 7.28. The number of nitrogens with zero attached hydrogens (tertiary/aromatic N) is 4. The highest BCUT2D eigenvalue weighted by molar-refractivity contribution is 7.92. The molecule has 174 valence electrons. The molecule has 0 saturated heterocycles. The molecule has 1 N–H and O–H groups in total. The zero-order valence-corrected chi connectivity index (χ0v) is 19.0. The smallest absolute Gasteiger partial charge is 0.261 e. The minimum Gasteiger partial charge on any atom is -0.457 e. The summed E-state index contributed by atoms with van der Waals surface area (Å²) in [5.41, 5.74) is 0.391. The van der Waals surface area contributed by atoms with Crippen molar-refractivity contribution in [2.45, 2.75) is 4.90 Å². The van der Waals surface area contributed by atoms with E-state index in [1.165, 1.54) is 18.5 Å². The van der Waals surface area contributed by atoms with Crippen LogP contribution in [0, 0.1) is 0 Å². The van der Waals surface area contributed by atoms with Crippen molar-refractivity contribution in [2.75, 3.05) is 4.72 Å². The van der Waals surface area contributed by atoms with Crippen molar-refractivity contribution in [3.05, 3.63) is 110 Å². The third-order valence-corrected chi connectivity index (χ3v) is 6.21. The molecule has 0 atom stereocenters. The summed E-state index contributed by atoms with van der Waals surface area (Å²) in [5, 5.41) is 4.13. The standard InChI is InChI=1S/C25H19N5O4S/c31-35(32,23-13-11-21(12-14-23)33-20-5-2-1-3-6-20)29-19-7-9-22(10-8-19)34-25-17-24(26-18-27-25)30-16-4-15-28-30/h1-18,29H. The van der Waals surface area contributed by atoms with Gasteiger partial charge in [-0.2, -0.15) is 5.10 Å². The maximum atomic E-state index is 12.8. The van der Waals surface area contributed by atoms with E-state index >= 15 is 0 Å². The third kappa shape index (κ3) is 5.45. The van der Waals surface area contributed by atoms with Crippen molar-refractivity contribution in [3.8, 4) is 28.9 Å². The minimum absolute atomic E-state index is 0.116. The third-order valence-electron chi connectivity index (χ3n) is 4.81. The summed E-state index contributed by atoms with van der Waals surface area (Å²) >= 11 is 0. The van der Waals surface area contributed by atoms with Crippen molar-refractivity contribution in [2.24, 2.45) is 0 Å². The number of hydrogen-bond donors (Lipinski definition) is 1. The molecule has 0 saturated carbocycles. The van der Waals surface area contributed by atoms with Gasteiger partial charge < -0.3 is 9.47 Å². The summed E-state index contributed by atoms with van der Waals surface area (Å²) in [4.78, 5) is 8.38. The quantitative estimate of drug-likeness (QED) is 0.328. The van der Waals surface area contributed by atoms with E-state index in [4.69, 9.17) is 9.47 Å². The van der Waals surface area contributed by atoms with Crippen LogP contribution in [0.3, 0.4) is 0 Å². The molecule has 5 rings (SSSR count). The van der Waals surface area contributed by atoms with Gasteiger partial charge in [-0.15, -0.1) is 0 Å². The molecule has 0 unspecified atom stereocenters. The van der Waals surface area contributed by atoms with Crippen LogP contribution in [0.4, 0.5) is 5.69 Å². The molecule has 0 aliphatic heterocycles. The van der Waals surface area contributed by atoms with Gasteiger partial charge in [-0.1, -0.05) is 18.2 Å². The van der Waals surface area contributed by atoms with E-state index in [0.29, 0.717) is 34.6 Å². The summed E-state index contributed by atoms with van der Waals surface area (Å²) in [6.07, 6.45) is 4.79. The Morgan fingerprint density at radius 1 is 0.743 bits per heavy atom. The van der Waals surface area contributed by atoms with Crippen LogP contribution < -0.4 is 14.2 Å². The highest BCUT2D eigenvalue weighted by Crippen LogP contribution is 2.26. The highest BCUT2D eigenvalue weighted by atomic mass is 32.2. The van der Waals surface area contributed by atoms with Crippen molar-refractivity contribution >= 4 is 15.7 Å². The van der Waals surface area contributed by atoms with Crippen LogP contribution in [0.1, 0.15) is 0 Å². The van der Waals surface area contributed by atoms with Gasteiger partial charge in [0.2, 0.25) is 5.88 Å². The lowest BCUT2D eigenvalue weighted by Gasteiger charge is -2.11. The molecule has 2 aromatic heterocycles. The first-order chi connectivity index (χ1) is 17.0. The molecular formula is C25H19N5O4S. The summed E-state index contributed by atoms with van der Waals surface area (Å²) < 4.78 is 41.2. The molecule has 0 radical (unpaired) electrons. The fourth-order valence-electron chi connectivity index (χ4n) is 3.15. The van der Waals surface area contributed by atoms with Gasteiger partial charge in [0.1, 0.15) is 23.6 Å². The SMILES string of the molecule is O=S(=O)(Nc1ccc(Oc2cc(-n3cccn3)ncn2)cc1)c1ccc(Oc2ccccc2)cc1. The number of rotatable bonds is 8. The van der Waals surface area contributed by atoms with E-state index in [2.05, 4.69) is 19.8 Å². The van der Waals surface area contributed by atoms with Crippen LogP contribution in [-0.2, 0) is 10.0 Å². The average Bonchev–Trinajstić information content (AvgIpc) is 3.42. The monoisotopic (exact) mass is 485 g/mol. The topological polar surface area (TPSA) is 108 Å². The predicted molar refractivity (Wildman–Crippen MR) is 129 cm³/mol. The largest absolute Gasteiger partial charge is 0.457 e. The van der Waals surface area contributed by atoms with E-state index in [1.807, 2.05) is 30.3 Å². The molecule has 2 heterocycles. The molecule has 3 aromatic carbocycles. The summed E-state index contributed by atoms with van der Waals surface area (Å²) in [7, 11) is -3.78. The van der Waals surface area contributed by atoms with Crippen molar-refractivity contribution in [1.29, 1.82) is 0 Å². The van der Waals surface area contributed by atoms with Gasteiger partial charge in [-0.3, -0.25) is 4.72 Å². The lowest BCUT2D eigenvalue weighted by molar-refractivity contribution is 0.460. The van der Waals surface area contributed by atoms with Crippen LogP contribution in [0.25, 0.3) is 5.82 Å². The fourth-order valence-corrected chi connectivity index (χ4v) is 4.21. The van der Waals surface area contributed by atoms with Gasteiger partial charge >= 0.3 is 0 Å². The normalized spacial score (nSPS) is 11.1. The van der Waals surface area contributed by atoms with Gasteiger partial charge in [0, 0.05) is 24.1 Å². The number of para-hydroxylation sites is 1. The number of nitrogens with one attached hydrogen (secondary N) is 1. The van der Waals surface area contributed by atoms with E-state index < -0.39 is 10.0 Å². The molecule has 0 aliphatic rings. The molecular weight excluding hydrogens is 466 g/mol. The molecule has 0 spiro atoms. The Kier molecular flexibility index (Phi) is 6.10. The zero-order chi connectivity index (χ0) is 24.1. The molecule has 10 heteroatoms. The van der Waals surface area contributed by atoms with E-state index in [0.717, 1.165) is 0 Å². The summed E-state index contributed by atoms with van der Waals surface area (Å²) in [6.45, 7) is 0. The van der Waals surface area contributed by atoms with Gasteiger partial charge in [-0.05, 0) is 66.7 Å². The summed E-state index contributed by atoms with van der Waals surface area (Å²) in [6, 6.07) is 25.4. The number of anilines is 1. The van der Waals surface area contributed by atoms with E-state index in [-0.39, 0.29) is 4.90 Å². The first-order valence-electron chi connectivity index (χ1n) is 10.5. The second-order valence-corrected chi connectivity index (χ2v) is 8.97. The maximum Gasteiger partial charge on any atom is 0.261 e. The molecule has 0 amide bonds. The summed E-state index contributed by atoms with van der Waals surface area (Å²) in [5.74, 6) is 2.59. The van der Waals surface area contributed by atoms with Gasteiger partial charge in [0.05, 0.1) is 4.90 Å². The molecule has 0 fully saturated rings. The lowest BCUT2D eigenvalue weighted by Crippen LogP contribution is -2.12. The number of benzene rings is 3. The molecule has 5 aromatic rings. The number of hydrogen-bond acceptors (Lipinski definition) is 7. The highest BCUT2D eigenvalue weighted by Gasteiger charge is 2.15. The van der Waals surface area contributed by atoms with Crippen molar-refractivity contribution in [1.82, 2.24) is 19.7 Å². The first kappa shape index (κ1) is 22.1. The van der Waals surface area contributed by atoms with Crippen LogP contribution in [0.5, 0.6) is 23.1 Å². The Bertz CT molecular complexity index is 1510. The van der Waals surface area contributed by atoms with E-state index in [1.54, 1.807) is 65.6 Å². The predicted octanol–water partition coefficient (Wildman–Crippen LogP) is 5.05. The van der Waals surface area contributed by atoms with Crippen LogP contribution in [0.2, 0.25) is 0 Å². The van der Waals surface area contributed by atoms with Gasteiger partial charge in [-0.25, -0.2) is 23.1 Å². The molecule has 0 bridgehead atoms. The Balaban J connectivity index is 1.24. The number of aromatic nitrogens is 4. The Morgan fingerprint density at radius 3 is 2.14 bits per heavy atom. The molecule has 9 nitrogen and oxygen atoms in total. The second kappa shape index (κ2) is 9.65. The van der Waals surface area contributed by atoms with Gasteiger partial charge in [0.25, 0.3) is 10.0 Å². The Hall–Kier alpha value is -4.70. The van der Waals surface area contributed by atoms with Crippen molar-refractivity contribution in [3.63, 3.8) is 0 Å². The average molecular weight is 486 g/mol.